The van der Waals surface area contributed by atoms with Gasteiger partial charge in [0.1, 0.15) is 0 Å². The maximum absolute atomic E-state index is 12.7. The van der Waals surface area contributed by atoms with Crippen LogP contribution in [-0.4, -0.2) is 35.7 Å². The van der Waals surface area contributed by atoms with Crippen molar-refractivity contribution in [1.29, 1.82) is 0 Å². The highest BCUT2D eigenvalue weighted by Gasteiger charge is 2.45. The Labute approximate surface area is 95.0 Å². The first-order valence-corrected chi connectivity index (χ1v) is 5.74. The normalized spacial score (nSPS) is 29.4. The van der Waals surface area contributed by atoms with Crippen molar-refractivity contribution in [3.8, 4) is 0 Å². The molecular formula is C11H21F3N2. The third-order valence-electron chi connectivity index (χ3n) is 3.67. The van der Waals surface area contributed by atoms with E-state index in [1.165, 1.54) is 0 Å². The van der Waals surface area contributed by atoms with Crippen molar-refractivity contribution in [3.05, 3.63) is 0 Å². The molecule has 1 aliphatic rings. The molecule has 96 valence electrons. The Bertz CT molecular complexity index is 238. The van der Waals surface area contributed by atoms with Gasteiger partial charge in [-0.1, -0.05) is 6.92 Å². The molecule has 1 aliphatic heterocycles. The first-order chi connectivity index (χ1) is 7.16. The van der Waals surface area contributed by atoms with Crippen LogP contribution in [0.3, 0.4) is 0 Å². The molecule has 2 N–H and O–H groups in total. The van der Waals surface area contributed by atoms with Crippen LogP contribution in [0.5, 0.6) is 0 Å². The van der Waals surface area contributed by atoms with E-state index in [0.717, 1.165) is 6.42 Å². The molecule has 0 aliphatic carbocycles. The largest absolute Gasteiger partial charge is 0.393 e. The first kappa shape index (κ1) is 13.8. The lowest BCUT2D eigenvalue weighted by atomic mass is 9.88. The Balaban J connectivity index is 2.76. The van der Waals surface area contributed by atoms with Crippen molar-refractivity contribution in [2.75, 3.05) is 13.1 Å². The molecule has 1 heterocycles. The number of nitrogens with zero attached hydrogens (tertiary/aromatic N) is 1. The maximum atomic E-state index is 12.7. The van der Waals surface area contributed by atoms with E-state index in [-0.39, 0.29) is 24.5 Å². The average molecular weight is 238 g/mol. The number of alkyl halides is 3. The van der Waals surface area contributed by atoms with E-state index in [1.54, 1.807) is 0 Å². The molecule has 1 rings (SSSR count). The number of nitrogens with two attached hydrogens (primary N) is 1. The smallest absolute Gasteiger partial charge is 0.327 e. The number of rotatable bonds is 2. The van der Waals surface area contributed by atoms with Gasteiger partial charge in [-0.3, -0.25) is 4.90 Å². The Hall–Kier alpha value is -0.290. The summed E-state index contributed by atoms with van der Waals surface area (Å²) in [6, 6.07) is -0.369. The molecule has 0 spiro atoms. The summed E-state index contributed by atoms with van der Waals surface area (Å²) in [7, 11) is 0. The Morgan fingerprint density at radius 2 is 1.81 bits per heavy atom. The van der Waals surface area contributed by atoms with E-state index in [0.29, 0.717) is 6.54 Å². The zero-order valence-electron chi connectivity index (χ0n) is 10.1. The quantitative estimate of drug-likeness (QED) is 0.800. The third kappa shape index (κ3) is 3.10. The lowest BCUT2D eigenvalue weighted by Gasteiger charge is -2.45. The molecule has 1 fully saturated rings. The molecule has 5 heteroatoms. The topological polar surface area (TPSA) is 29.3 Å². The summed E-state index contributed by atoms with van der Waals surface area (Å²) in [6.45, 7) is 6.57. The van der Waals surface area contributed by atoms with Crippen LogP contribution in [0.25, 0.3) is 0 Å². The summed E-state index contributed by atoms with van der Waals surface area (Å²) >= 11 is 0. The van der Waals surface area contributed by atoms with Gasteiger partial charge in [-0.25, -0.2) is 0 Å². The van der Waals surface area contributed by atoms with Crippen LogP contribution in [0.1, 0.15) is 33.6 Å². The summed E-state index contributed by atoms with van der Waals surface area (Å²) in [5, 5.41) is 0. The van der Waals surface area contributed by atoms with Crippen LogP contribution in [0.4, 0.5) is 13.2 Å². The van der Waals surface area contributed by atoms with Gasteiger partial charge in [-0.05, 0) is 26.7 Å². The molecule has 2 atom stereocenters. The first-order valence-electron chi connectivity index (χ1n) is 5.74. The Morgan fingerprint density at radius 1 is 1.25 bits per heavy atom. The lowest BCUT2D eigenvalue weighted by molar-refractivity contribution is -0.192. The number of halogens is 3. The predicted octanol–water partition coefficient (Wildman–Crippen LogP) is 2.39. The summed E-state index contributed by atoms with van der Waals surface area (Å²) in [5.74, 6) is -1.28. The second-order valence-corrected chi connectivity index (χ2v) is 5.31. The molecule has 0 bridgehead atoms. The van der Waals surface area contributed by atoms with Gasteiger partial charge in [0.15, 0.2) is 0 Å². The molecule has 0 radical (unpaired) electrons. The highest BCUT2D eigenvalue weighted by atomic mass is 19.4. The molecule has 16 heavy (non-hydrogen) atoms. The SMILES string of the molecule is CCC(C)(C)N1CC(N)CC(C(F)(F)F)C1. The van der Waals surface area contributed by atoms with Crippen molar-refractivity contribution in [2.24, 2.45) is 11.7 Å². The summed E-state index contributed by atoms with van der Waals surface area (Å²) < 4.78 is 38.1. The highest BCUT2D eigenvalue weighted by molar-refractivity contribution is 4.91. The maximum Gasteiger partial charge on any atom is 0.393 e. The van der Waals surface area contributed by atoms with Gasteiger partial charge in [-0.2, -0.15) is 13.2 Å². The van der Waals surface area contributed by atoms with E-state index in [2.05, 4.69) is 0 Å². The van der Waals surface area contributed by atoms with Gasteiger partial charge in [0, 0.05) is 24.7 Å². The third-order valence-corrected chi connectivity index (χ3v) is 3.67. The molecule has 2 unspecified atom stereocenters. The highest BCUT2D eigenvalue weighted by Crippen LogP contribution is 2.35. The zero-order valence-corrected chi connectivity index (χ0v) is 10.1. The van der Waals surface area contributed by atoms with Crippen LogP contribution >= 0.6 is 0 Å². The van der Waals surface area contributed by atoms with Gasteiger partial charge in [0.2, 0.25) is 0 Å². The molecule has 0 amide bonds. The molecule has 0 aromatic carbocycles. The fourth-order valence-corrected chi connectivity index (χ4v) is 2.09. The molecule has 2 nitrogen and oxygen atoms in total. The zero-order chi connectivity index (χ0) is 12.6. The Morgan fingerprint density at radius 3 is 2.25 bits per heavy atom. The van der Waals surface area contributed by atoms with E-state index >= 15 is 0 Å². The standard InChI is InChI=1S/C11H21F3N2/c1-4-10(2,3)16-6-8(11(12,13)14)5-9(15)7-16/h8-9H,4-7,15H2,1-3H3. The summed E-state index contributed by atoms with van der Waals surface area (Å²) in [4.78, 5) is 1.87. The average Bonchev–Trinajstić information content (AvgIpc) is 2.15. The van der Waals surface area contributed by atoms with E-state index in [4.69, 9.17) is 5.73 Å². The fourth-order valence-electron chi connectivity index (χ4n) is 2.09. The number of piperidine rings is 1. The van der Waals surface area contributed by atoms with E-state index in [1.807, 2.05) is 25.7 Å². The minimum absolute atomic E-state index is 0.0554. The summed E-state index contributed by atoms with van der Waals surface area (Å²) in [5.41, 5.74) is 5.52. The molecule has 0 aromatic heterocycles. The second-order valence-electron chi connectivity index (χ2n) is 5.31. The van der Waals surface area contributed by atoms with E-state index < -0.39 is 12.1 Å². The molecule has 1 saturated heterocycles. The molecule has 0 aromatic rings. The monoisotopic (exact) mass is 238 g/mol. The van der Waals surface area contributed by atoms with E-state index in [9.17, 15) is 13.2 Å². The number of hydrogen-bond donors (Lipinski definition) is 1. The van der Waals surface area contributed by atoms with Crippen molar-refractivity contribution in [3.63, 3.8) is 0 Å². The fraction of sp³-hybridized carbons (Fsp3) is 1.00. The van der Waals surface area contributed by atoms with Gasteiger partial charge < -0.3 is 5.73 Å². The van der Waals surface area contributed by atoms with Crippen LogP contribution in [0.2, 0.25) is 0 Å². The van der Waals surface area contributed by atoms with Crippen LogP contribution in [-0.2, 0) is 0 Å². The predicted molar refractivity (Wildman–Crippen MR) is 58.1 cm³/mol. The minimum atomic E-state index is -4.12. The lowest BCUT2D eigenvalue weighted by Crippen LogP contribution is -2.57. The Kier molecular flexibility index (Phi) is 3.90. The van der Waals surface area contributed by atoms with Crippen molar-refractivity contribution in [1.82, 2.24) is 4.90 Å². The second kappa shape index (κ2) is 4.53. The van der Waals surface area contributed by atoms with Gasteiger partial charge in [0.05, 0.1) is 5.92 Å². The molecular weight excluding hydrogens is 217 g/mol. The number of likely N-dealkylation sites (tertiary alicyclic amines) is 1. The van der Waals surface area contributed by atoms with Gasteiger partial charge in [-0.15, -0.1) is 0 Å². The summed E-state index contributed by atoms with van der Waals surface area (Å²) in [6.07, 6.45) is -3.25. The number of hydrogen-bond acceptors (Lipinski definition) is 2. The van der Waals surface area contributed by atoms with Crippen LogP contribution in [0.15, 0.2) is 0 Å². The van der Waals surface area contributed by atoms with Gasteiger partial charge >= 0.3 is 6.18 Å². The van der Waals surface area contributed by atoms with Crippen molar-refractivity contribution >= 4 is 0 Å². The minimum Gasteiger partial charge on any atom is -0.327 e. The van der Waals surface area contributed by atoms with Crippen LogP contribution < -0.4 is 5.73 Å². The van der Waals surface area contributed by atoms with Crippen molar-refractivity contribution < 1.29 is 13.2 Å². The van der Waals surface area contributed by atoms with Gasteiger partial charge in [0.25, 0.3) is 0 Å². The van der Waals surface area contributed by atoms with Crippen molar-refractivity contribution in [2.45, 2.75) is 51.4 Å². The molecule has 0 saturated carbocycles. The van der Waals surface area contributed by atoms with Crippen LogP contribution in [0, 0.1) is 5.92 Å².